The van der Waals surface area contributed by atoms with Crippen molar-refractivity contribution in [3.63, 3.8) is 0 Å². The highest BCUT2D eigenvalue weighted by atomic mass is 16.3. The molecule has 2 heterocycles. The highest BCUT2D eigenvalue weighted by Crippen LogP contribution is 2.34. The van der Waals surface area contributed by atoms with Crippen molar-refractivity contribution in [2.45, 2.75) is 57.2 Å². The third-order valence-corrected chi connectivity index (χ3v) is 5.92. The number of hydrogen-bond donors (Lipinski definition) is 2. The first-order valence-electron chi connectivity index (χ1n) is 9.07. The van der Waals surface area contributed by atoms with Crippen LogP contribution in [-0.2, 0) is 7.05 Å². The fourth-order valence-electron chi connectivity index (χ4n) is 4.17. The van der Waals surface area contributed by atoms with Crippen molar-refractivity contribution in [1.29, 1.82) is 0 Å². The smallest absolute Gasteiger partial charge is 0.137 e. The van der Waals surface area contributed by atoms with Gasteiger partial charge in [-0.05, 0) is 63.5 Å². The molecule has 1 saturated heterocycles. The maximum atomic E-state index is 10.8. The summed E-state index contributed by atoms with van der Waals surface area (Å²) >= 11 is 0. The number of piperidine rings is 1. The number of nitrogens with zero attached hydrogens (tertiary/aromatic N) is 3. The number of aryl methyl sites for hydroxylation is 1. The second kappa shape index (κ2) is 6.91. The predicted molar refractivity (Wildman–Crippen MR) is 89.9 cm³/mol. The molecule has 2 aliphatic rings. The van der Waals surface area contributed by atoms with Gasteiger partial charge in [0.25, 0.3) is 0 Å². The minimum Gasteiger partial charge on any atom is -0.389 e. The summed E-state index contributed by atoms with van der Waals surface area (Å²) in [7, 11) is 1.93. The summed E-state index contributed by atoms with van der Waals surface area (Å²) in [5.74, 6) is 1.80. The number of aromatic nitrogens is 2. The lowest BCUT2D eigenvalue weighted by molar-refractivity contribution is -0.0463. The Labute approximate surface area is 139 Å². The quantitative estimate of drug-likeness (QED) is 0.891. The van der Waals surface area contributed by atoms with Crippen molar-refractivity contribution in [2.24, 2.45) is 18.9 Å². The van der Waals surface area contributed by atoms with E-state index in [2.05, 4.69) is 16.8 Å². The Morgan fingerprint density at radius 2 is 1.91 bits per heavy atom. The third-order valence-electron chi connectivity index (χ3n) is 5.92. The number of imidazole rings is 1. The maximum absolute atomic E-state index is 10.8. The summed E-state index contributed by atoms with van der Waals surface area (Å²) in [6, 6.07) is 0. The molecule has 1 aromatic heterocycles. The molecule has 1 atom stereocenters. The van der Waals surface area contributed by atoms with Crippen LogP contribution in [0, 0.1) is 11.8 Å². The minimum absolute atomic E-state index is 0.272. The molecule has 0 aromatic carbocycles. The average molecular weight is 321 g/mol. The van der Waals surface area contributed by atoms with E-state index in [1.165, 1.54) is 0 Å². The van der Waals surface area contributed by atoms with Crippen molar-refractivity contribution >= 4 is 0 Å². The van der Waals surface area contributed by atoms with Crippen LogP contribution in [0.15, 0.2) is 12.4 Å². The van der Waals surface area contributed by atoms with Crippen LogP contribution in [0.3, 0.4) is 0 Å². The lowest BCUT2D eigenvalue weighted by Gasteiger charge is -2.41. The Bertz CT molecular complexity index is 500. The first-order valence-corrected chi connectivity index (χ1v) is 9.07. The Balaban J connectivity index is 1.50. The number of likely N-dealkylation sites (tertiary alicyclic amines) is 1. The molecule has 0 radical (unpaired) electrons. The normalized spacial score (nSPS) is 32.1. The van der Waals surface area contributed by atoms with Crippen LogP contribution in [0.5, 0.6) is 0 Å². The van der Waals surface area contributed by atoms with E-state index < -0.39 is 11.7 Å². The van der Waals surface area contributed by atoms with Crippen LogP contribution in [0.2, 0.25) is 0 Å². The van der Waals surface area contributed by atoms with Crippen LogP contribution >= 0.6 is 0 Å². The van der Waals surface area contributed by atoms with Gasteiger partial charge < -0.3 is 19.7 Å². The number of β-amino-alcohol motifs (C(OH)–C–C–N with tert-alkyl or cyclic N) is 1. The monoisotopic (exact) mass is 321 g/mol. The van der Waals surface area contributed by atoms with Gasteiger partial charge in [0.15, 0.2) is 0 Å². The zero-order chi connectivity index (χ0) is 16.4. The van der Waals surface area contributed by atoms with Crippen molar-refractivity contribution in [3.8, 4) is 0 Å². The highest BCUT2D eigenvalue weighted by molar-refractivity contribution is 4.99. The van der Waals surface area contributed by atoms with E-state index in [4.69, 9.17) is 0 Å². The second-order valence-electron chi connectivity index (χ2n) is 7.86. The molecule has 130 valence electrons. The van der Waals surface area contributed by atoms with E-state index in [9.17, 15) is 10.2 Å². The largest absolute Gasteiger partial charge is 0.389 e. The topological polar surface area (TPSA) is 61.5 Å². The molecule has 2 N–H and O–H groups in total. The molecule has 1 saturated carbocycles. The molecule has 0 unspecified atom stereocenters. The molecular formula is C18H31N3O2. The Hall–Kier alpha value is -0.910. The Morgan fingerprint density at radius 1 is 1.26 bits per heavy atom. The van der Waals surface area contributed by atoms with Crippen LogP contribution in [0.25, 0.3) is 0 Å². The molecule has 1 aromatic rings. The van der Waals surface area contributed by atoms with Gasteiger partial charge in [-0.1, -0.05) is 6.92 Å². The molecule has 5 heteroatoms. The van der Waals surface area contributed by atoms with Crippen molar-refractivity contribution in [3.05, 3.63) is 18.2 Å². The number of hydrogen-bond acceptors (Lipinski definition) is 4. The standard InChI is InChI=1S/C18H31N3O2/c1-14-3-7-18(23,8-4-14)13-21-10-5-15(6-11-21)16(22)17-19-9-12-20(17)2/h9,12,14-16,22-23H,3-8,10-11,13H2,1-2H3/t14?,16-,18?/m1/s1. The molecule has 3 rings (SSSR count). The van der Waals surface area contributed by atoms with Gasteiger partial charge in [0.1, 0.15) is 11.9 Å². The van der Waals surface area contributed by atoms with Crippen molar-refractivity contribution in [2.75, 3.05) is 19.6 Å². The van der Waals surface area contributed by atoms with Gasteiger partial charge >= 0.3 is 0 Å². The zero-order valence-electron chi connectivity index (χ0n) is 14.5. The summed E-state index contributed by atoms with van der Waals surface area (Å²) in [6.07, 6.45) is 9.25. The number of rotatable bonds is 4. The van der Waals surface area contributed by atoms with Gasteiger partial charge in [-0.25, -0.2) is 4.98 Å². The van der Waals surface area contributed by atoms with Gasteiger partial charge in [0.2, 0.25) is 0 Å². The summed E-state index contributed by atoms with van der Waals surface area (Å²) in [6.45, 7) is 5.00. The Kier molecular flexibility index (Phi) is 5.09. The fraction of sp³-hybridized carbons (Fsp3) is 0.833. The summed E-state index contributed by atoms with van der Waals surface area (Å²) in [4.78, 5) is 6.67. The maximum Gasteiger partial charge on any atom is 0.137 e. The zero-order valence-corrected chi connectivity index (χ0v) is 14.5. The molecule has 1 aliphatic carbocycles. The van der Waals surface area contributed by atoms with Gasteiger partial charge in [-0.3, -0.25) is 0 Å². The van der Waals surface area contributed by atoms with Gasteiger partial charge in [0, 0.05) is 26.0 Å². The van der Waals surface area contributed by atoms with Crippen molar-refractivity contribution in [1.82, 2.24) is 14.5 Å². The highest BCUT2D eigenvalue weighted by Gasteiger charge is 2.35. The number of aliphatic hydroxyl groups excluding tert-OH is 1. The van der Waals surface area contributed by atoms with E-state index in [1.54, 1.807) is 6.20 Å². The van der Waals surface area contributed by atoms with Crippen LogP contribution in [-0.4, -0.2) is 49.9 Å². The Morgan fingerprint density at radius 3 is 2.48 bits per heavy atom. The van der Waals surface area contributed by atoms with E-state index in [-0.39, 0.29) is 5.92 Å². The predicted octanol–water partition coefficient (Wildman–Crippen LogP) is 2.11. The molecule has 2 fully saturated rings. The summed E-state index contributed by atoms with van der Waals surface area (Å²) in [5.41, 5.74) is -0.488. The molecule has 0 spiro atoms. The van der Waals surface area contributed by atoms with Gasteiger partial charge in [-0.15, -0.1) is 0 Å². The average Bonchev–Trinajstić information content (AvgIpc) is 2.97. The van der Waals surface area contributed by atoms with E-state index in [0.717, 1.165) is 69.9 Å². The lowest BCUT2D eigenvalue weighted by Crippen LogP contribution is -2.48. The molecule has 0 amide bonds. The van der Waals surface area contributed by atoms with E-state index in [0.29, 0.717) is 0 Å². The first kappa shape index (κ1) is 16.9. The third kappa shape index (κ3) is 3.95. The van der Waals surface area contributed by atoms with Crippen molar-refractivity contribution < 1.29 is 10.2 Å². The molecular weight excluding hydrogens is 290 g/mol. The van der Waals surface area contributed by atoms with Crippen LogP contribution < -0.4 is 0 Å². The molecule has 0 bridgehead atoms. The number of aliphatic hydroxyl groups is 2. The second-order valence-corrected chi connectivity index (χ2v) is 7.86. The molecule has 5 nitrogen and oxygen atoms in total. The SMILES string of the molecule is CC1CCC(O)(CN2CCC([C@@H](O)c3nccn3C)CC2)CC1. The molecule has 1 aliphatic heterocycles. The summed E-state index contributed by atoms with van der Waals surface area (Å²) in [5, 5.41) is 21.3. The van der Waals surface area contributed by atoms with E-state index in [1.807, 2.05) is 17.8 Å². The minimum atomic E-state index is -0.488. The van der Waals surface area contributed by atoms with Gasteiger partial charge in [0.05, 0.1) is 5.60 Å². The van der Waals surface area contributed by atoms with Crippen LogP contribution in [0.1, 0.15) is 57.4 Å². The van der Waals surface area contributed by atoms with E-state index >= 15 is 0 Å². The lowest BCUT2D eigenvalue weighted by atomic mass is 9.79. The first-order chi connectivity index (χ1) is 11.0. The fourth-order valence-corrected chi connectivity index (χ4v) is 4.17. The molecule has 23 heavy (non-hydrogen) atoms. The summed E-state index contributed by atoms with van der Waals surface area (Å²) < 4.78 is 1.91. The van der Waals surface area contributed by atoms with Crippen LogP contribution in [0.4, 0.5) is 0 Å². The van der Waals surface area contributed by atoms with Gasteiger partial charge in [-0.2, -0.15) is 0 Å².